The zero-order chi connectivity index (χ0) is 15.9. The van der Waals surface area contributed by atoms with Crippen molar-refractivity contribution < 1.29 is 14.3 Å². The molecule has 1 aliphatic heterocycles. The van der Waals surface area contributed by atoms with Gasteiger partial charge in [0.15, 0.2) is 5.82 Å². The molecule has 1 saturated heterocycles. The van der Waals surface area contributed by atoms with Crippen LogP contribution in [-0.2, 0) is 9.53 Å². The van der Waals surface area contributed by atoms with E-state index in [0.29, 0.717) is 5.82 Å². The second kappa shape index (κ2) is 5.38. The van der Waals surface area contributed by atoms with Gasteiger partial charge in [-0.2, -0.15) is 5.10 Å². The molecule has 1 aliphatic carbocycles. The SMILES string of the molecule is COc1ccccc1-c1cc(NC(=O)C2CC3(COC3)C2)n[nH]1. The molecule has 2 fully saturated rings. The van der Waals surface area contributed by atoms with Crippen LogP contribution in [0.1, 0.15) is 12.8 Å². The number of H-pyrrole nitrogens is 1. The summed E-state index contributed by atoms with van der Waals surface area (Å²) in [5, 5.41) is 10.0. The van der Waals surface area contributed by atoms with Crippen LogP contribution in [0, 0.1) is 11.3 Å². The predicted molar refractivity (Wildman–Crippen MR) is 85.2 cm³/mol. The number of ether oxygens (including phenoxy) is 2. The summed E-state index contributed by atoms with van der Waals surface area (Å²) >= 11 is 0. The Morgan fingerprint density at radius 2 is 2.17 bits per heavy atom. The molecule has 120 valence electrons. The molecule has 0 atom stereocenters. The van der Waals surface area contributed by atoms with Crippen LogP contribution < -0.4 is 10.1 Å². The fourth-order valence-electron chi connectivity index (χ4n) is 3.42. The lowest BCUT2D eigenvalue weighted by atomic mass is 9.60. The normalized spacial score (nSPS) is 19.0. The van der Waals surface area contributed by atoms with E-state index in [-0.39, 0.29) is 17.2 Å². The van der Waals surface area contributed by atoms with Gasteiger partial charge in [0.05, 0.1) is 26.0 Å². The molecule has 1 aromatic heterocycles. The quantitative estimate of drug-likeness (QED) is 0.909. The van der Waals surface area contributed by atoms with E-state index < -0.39 is 0 Å². The van der Waals surface area contributed by atoms with Crippen LogP contribution in [0.2, 0.25) is 0 Å². The Morgan fingerprint density at radius 1 is 1.39 bits per heavy atom. The Labute approximate surface area is 134 Å². The van der Waals surface area contributed by atoms with E-state index in [1.165, 1.54) is 0 Å². The fraction of sp³-hybridized carbons (Fsp3) is 0.412. The third kappa shape index (κ3) is 2.49. The van der Waals surface area contributed by atoms with Gasteiger partial charge in [0.2, 0.25) is 5.91 Å². The number of carbonyl (C=O) groups is 1. The average molecular weight is 313 g/mol. The number of aromatic amines is 1. The van der Waals surface area contributed by atoms with Crippen molar-refractivity contribution in [3.05, 3.63) is 30.3 Å². The number of rotatable bonds is 4. The average Bonchev–Trinajstić information content (AvgIpc) is 2.92. The molecule has 6 nitrogen and oxygen atoms in total. The van der Waals surface area contributed by atoms with Gasteiger partial charge in [-0.25, -0.2) is 0 Å². The summed E-state index contributed by atoms with van der Waals surface area (Å²) in [5.41, 5.74) is 2.02. The first-order valence-corrected chi connectivity index (χ1v) is 7.77. The Hall–Kier alpha value is -2.34. The van der Waals surface area contributed by atoms with Crippen LogP contribution in [0.5, 0.6) is 5.75 Å². The van der Waals surface area contributed by atoms with Gasteiger partial charge in [-0.1, -0.05) is 12.1 Å². The van der Waals surface area contributed by atoms with Crippen molar-refractivity contribution in [2.24, 2.45) is 11.3 Å². The van der Waals surface area contributed by atoms with E-state index in [9.17, 15) is 4.79 Å². The van der Waals surface area contributed by atoms with Gasteiger partial charge in [0, 0.05) is 23.0 Å². The highest BCUT2D eigenvalue weighted by Crippen LogP contribution is 2.50. The number of methoxy groups -OCH3 is 1. The topological polar surface area (TPSA) is 76.2 Å². The van der Waals surface area contributed by atoms with Gasteiger partial charge in [0.1, 0.15) is 5.75 Å². The second-order valence-corrected chi connectivity index (χ2v) is 6.45. The first kappa shape index (κ1) is 14.3. The Morgan fingerprint density at radius 3 is 2.87 bits per heavy atom. The number of carbonyl (C=O) groups excluding carboxylic acids is 1. The van der Waals surface area contributed by atoms with Gasteiger partial charge < -0.3 is 14.8 Å². The van der Waals surface area contributed by atoms with E-state index in [2.05, 4.69) is 15.5 Å². The van der Waals surface area contributed by atoms with Gasteiger partial charge in [-0.15, -0.1) is 0 Å². The largest absolute Gasteiger partial charge is 0.496 e. The van der Waals surface area contributed by atoms with Crippen LogP contribution in [0.4, 0.5) is 5.82 Å². The minimum absolute atomic E-state index is 0.0422. The Kier molecular flexibility index (Phi) is 3.34. The lowest BCUT2D eigenvalue weighted by Gasteiger charge is -2.52. The zero-order valence-electron chi connectivity index (χ0n) is 13.0. The molecule has 0 bridgehead atoms. The minimum Gasteiger partial charge on any atom is -0.496 e. The predicted octanol–water partition coefficient (Wildman–Crippen LogP) is 2.45. The molecule has 6 heteroatoms. The highest BCUT2D eigenvalue weighted by atomic mass is 16.5. The number of hydrogen-bond donors (Lipinski definition) is 2. The number of para-hydroxylation sites is 1. The molecular weight excluding hydrogens is 294 g/mol. The van der Waals surface area contributed by atoms with Crippen LogP contribution in [0.3, 0.4) is 0 Å². The molecule has 2 aromatic rings. The summed E-state index contributed by atoms with van der Waals surface area (Å²) in [5.74, 6) is 1.42. The summed E-state index contributed by atoms with van der Waals surface area (Å²) in [6.07, 6.45) is 1.84. The molecule has 1 spiro atoms. The summed E-state index contributed by atoms with van der Waals surface area (Å²) < 4.78 is 10.6. The molecule has 0 radical (unpaired) electrons. The van der Waals surface area contributed by atoms with Crippen LogP contribution >= 0.6 is 0 Å². The highest BCUT2D eigenvalue weighted by Gasteiger charge is 2.52. The summed E-state index contributed by atoms with van der Waals surface area (Å²) in [6.45, 7) is 1.61. The van der Waals surface area contributed by atoms with Gasteiger partial charge in [-0.05, 0) is 25.0 Å². The number of benzene rings is 1. The lowest BCUT2D eigenvalue weighted by molar-refractivity contribution is -0.181. The zero-order valence-corrected chi connectivity index (χ0v) is 13.0. The second-order valence-electron chi connectivity index (χ2n) is 6.45. The van der Waals surface area contributed by atoms with Crippen molar-refractivity contribution >= 4 is 11.7 Å². The van der Waals surface area contributed by atoms with E-state index in [1.54, 1.807) is 7.11 Å². The van der Waals surface area contributed by atoms with Crippen molar-refractivity contribution in [2.75, 3.05) is 25.6 Å². The summed E-state index contributed by atoms with van der Waals surface area (Å²) in [6, 6.07) is 9.52. The van der Waals surface area contributed by atoms with E-state index in [0.717, 1.165) is 43.1 Å². The lowest BCUT2D eigenvalue weighted by Crippen LogP contribution is -2.54. The molecular formula is C17H19N3O3. The van der Waals surface area contributed by atoms with Crippen molar-refractivity contribution in [3.8, 4) is 17.0 Å². The maximum Gasteiger partial charge on any atom is 0.228 e. The molecule has 1 aromatic carbocycles. The van der Waals surface area contributed by atoms with Gasteiger partial charge >= 0.3 is 0 Å². The standard InChI is InChI=1S/C17H19N3O3/c1-22-14-5-3-2-4-12(14)13-6-15(20-19-13)18-16(21)11-7-17(8-11)9-23-10-17/h2-6,11H,7-10H2,1H3,(H2,18,19,20,21). The molecule has 1 saturated carbocycles. The van der Waals surface area contributed by atoms with Crippen molar-refractivity contribution in [1.29, 1.82) is 0 Å². The molecule has 23 heavy (non-hydrogen) atoms. The van der Waals surface area contributed by atoms with Crippen molar-refractivity contribution in [2.45, 2.75) is 12.8 Å². The smallest absolute Gasteiger partial charge is 0.228 e. The molecule has 4 rings (SSSR count). The first-order chi connectivity index (χ1) is 11.2. The van der Waals surface area contributed by atoms with Crippen LogP contribution in [-0.4, -0.2) is 36.4 Å². The summed E-state index contributed by atoms with van der Waals surface area (Å²) in [4.78, 5) is 12.3. The van der Waals surface area contributed by atoms with E-state index in [4.69, 9.17) is 9.47 Å². The van der Waals surface area contributed by atoms with E-state index >= 15 is 0 Å². The van der Waals surface area contributed by atoms with Crippen molar-refractivity contribution in [1.82, 2.24) is 10.2 Å². The molecule has 0 unspecified atom stereocenters. The van der Waals surface area contributed by atoms with Crippen LogP contribution in [0.15, 0.2) is 30.3 Å². The number of anilines is 1. The van der Waals surface area contributed by atoms with Crippen molar-refractivity contribution in [3.63, 3.8) is 0 Å². The maximum atomic E-state index is 12.3. The van der Waals surface area contributed by atoms with Crippen LogP contribution in [0.25, 0.3) is 11.3 Å². The molecule has 2 heterocycles. The first-order valence-electron chi connectivity index (χ1n) is 7.77. The number of nitrogens with zero attached hydrogens (tertiary/aromatic N) is 1. The van der Waals surface area contributed by atoms with E-state index in [1.807, 2.05) is 30.3 Å². The summed E-state index contributed by atoms with van der Waals surface area (Å²) in [7, 11) is 1.63. The highest BCUT2D eigenvalue weighted by molar-refractivity contribution is 5.93. The molecule has 2 aliphatic rings. The number of nitrogens with one attached hydrogen (secondary N) is 2. The monoisotopic (exact) mass is 313 g/mol. The third-order valence-electron chi connectivity index (χ3n) is 4.77. The minimum atomic E-state index is 0.0422. The Balaban J connectivity index is 1.43. The number of amides is 1. The van der Waals surface area contributed by atoms with Gasteiger partial charge in [-0.3, -0.25) is 9.89 Å². The Bertz CT molecular complexity index is 728. The maximum absolute atomic E-state index is 12.3. The number of hydrogen-bond acceptors (Lipinski definition) is 4. The molecule has 2 N–H and O–H groups in total. The number of aromatic nitrogens is 2. The van der Waals surface area contributed by atoms with Gasteiger partial charge in [0.25, 0.3) is 0 Å². The molecule has 1 amide bonds. The third-order valence-corrected chi connectivity index (χ3v) is 4.77. The fourth-order valence-corrected chi connectivity index (χ4v) is 3.42.